The highest BCUT2D eigenvalue weighted by molar-refractivity contribution is 5.90. The topological polar surface area (TPSA) is 70.2 Å². The van der Waals surface area contributed by atoms with E-state index < -0.39 is 6.04 Å². The molecule has 1 aliphatic heterocycles. The van der Waals surface area contributed by atoms with Crippen molar-refractivity contribution in [2.45, 2.75) is 77.0 Å². The monoisotopic (exact) mass is 357 g/mol. The zero-order valence-corrected chi connectivity index (χ0v) is 15.9. The molecule has 0 radical (unpaired) electrons. The molecule has 3 N–H and O–H groups in total. The molecule has 1 heterocycles. The van der Waals surface area contributed by atoms with Crippen molar-refractivity contribution in [2.75, 3.05) is 0 Å². The minimum atomic E-state index is -0.456. The lowest BCUT2D eigenvalue weighted by atomic mass is 9.95. The normalized spacial score (nSPS) is 21.3. The first-order chi connectivity index (χ1) is 12.5. The van der Waals surface area contributed by atoms with Crippen molar-refractivity contribution in [2.24, 2.45) is 5.92 Å². The van der Waals surface area contributed by atoms with E-state index in [9.17, 15) is 9.59 Å². The highest BCUT2D eigenvalue weighted by Gasteiger charge is 2.29. The quantitative estimate of drug-likeness (QED) is 0.732. The summed E-state index contributed by atoms with van der Waals surface area (Å²) in [5, 5.41) is 9.45. The van der Waals surface area contributed by atoms with Gasteiger partial charge in [0.2, 0.25) is 11.8 Å². The number of fused-ring (bicyclic) bond motifs is 1. The van der Waals surface area contributed by atoms with E-state index in [0.29, 0.717) is 25.3 Å². The van der Waals surface area contributed by atoms with E-state index >= 15 is 0 Å². The highest BCUT2D eigenvalue weighted by atomic mass is 16.2. The minimum Gasteiger partial charge on any atom is -0.352 e. The summed E-state index contributed by atoms with van der Waals surface area (Å²) >= 11 is 0. The van der Waals surface area contributed by atoms with Crippen molar-refractivity contribution in [1.29, 1.82) is 0 Å². The Kier molecular flexibility index (Phi) is 6.30. The lowest BCUT2D eigenvalue weighted by Gasteiger charge is -2.28. The van der Waals surface area contributed by atoms with Crippen LogP contribution in [-0.4, -0.2) is 29.9 Å². The Labute approximate surface area is 156 Å². The lowest BCUT2D eigenvalue weighted by Crippen LogP contribution is -2.55. The van der Waals surface area contributed by atoms with Crippen LogP contribution in [0.25, 0.3) is 0 Å². The van der Waals surface area contributed by atoms with Crippen LogP contribution in [0.15, 0.2) is 24.3 Å². The zero-order chi connectivity index (χ0) is 18.5. The van der Waals surface area contributed by atoms with E-state index in [1.807, 2.05) is 12.1 Å². The zero-order valence-electron chi connectivity index (χ0n) is 15.9. The number of benzene rings is 1. The van der Waals surface area contributed by atoms with E-state index in [0.717, 1.165) is 12.8 Å². The van der Waals surface area contributed by atoms with Gasteiger partial charge in [0, 0.05) is 12.6 Å². The van der Waals surface area contributed by atoms with Crippen LogP contribution in [0.1, 0.15) is 57.1 Å². The number of hydrogen-bond donors (Lipinski definition) is 3. The average molecular weight is 357 g/mol. The summed E-state index contributed by atoms with van der Waals surface area (Å²) in [5.74, 6) is 0.233. The molecule has 5 heteroatoms. The second-order valence-corrected chi connectivity index (χ2v) is 8.09. The third-order valence-electron chi connectivity index (χ3n) is 5.44. The first kappa shape index (κ1) is 18.9. The second kappa shape index (κ2) is 8.67. The van der Waals surface area contributed by atoms with Crippen molar-refractivity contribution in [3.05, 3.63) is 35.4 Å². The summed E-state index contributed by atoms with van der Waals surface area (Å²) in [5.41, 5.74) is 2.46. The van der Waals surface area contributed by atoms with Crippen LogP contribution in [0.5, 0.6) is 0 Å². The van der Waals surface area contributed by atoms with Crippen LogP contribution >= 0.6 is 0 Å². The van der Waals surface area contributed by atoms with Crippen LogP contribution in [0.4, 0.5) is 0 Å². The summed E-state index contributed by atoms with van der Waals surface area (Å²) < 4.78 is 0. The van der Waals surface area contributed by atoms with E-state index in [4.69, 9.17) is 0 Å². The number of amides is 2. The first-order valence-electron chi connectivity index (χ1n) is 9.94. The first-order valence-corrected chi connectivity index (χ1v) is 9.94. The Hall–Kier alpha value is -1.88. The summed E-state index contributed by atoms with van der Waals surface area (Å²) in [6.07, 6.45) is 5.79. The van der Waals surface area contributed by atoms with Gasteiger partial charge in [-0.1, -0.05) is 51.0 Å². The Balaban J connectivity index is 1.60. The molecule has 26 heavy (non-hydrogen) atoms. The van der Waals surface area contributed by atoms with E-state index in [2.05, 4.69) is 41.9 Å². The Bertz CT molecular complexity index is 638. The molecule has 0 saturated heterocycles. The molecule has 1 fully saturated rings. The van der Waals surface area contributed by atoms with Crippen LogP contribution in [0.3, 0.4) is 0 Å². The third-order valence-corrected chi connectivity index (χ3v) is 5.44. The number of carbonyl (C=O) groups is 2. The molecule has 0 bridgehead atoms. The summed E-state index contributed by atoms with van der Waals surface area (Å²) in [7, 11) is 0. The van der Waals surface area contributed by atoms with Gasteiger partial charge in [0.25, 0.3) is 0 Å². The molecule has 2 amide bonds. The van der Waals surface area contributed by atoms with E-state index in [-0.39, 0.29) is 23.9 Å². The molecule has 5 nitrogen and oxygen atoms in total. The Morgan fingerprint density at radius 1 is 1.15 bits per heavy atom. The predicted octanol–water partition coefficient (Wildman–Crippen LogP) is 2.29. The highest BCUT2D eigenvalue weighted by Crippen LogP contribution is 2.19. The molecule has 0 spiro atoms. The van der Waals surface area contributed by atoms with Crippen LogP contribution in [0.2, 0.25) is 0 Å². The van der Waals surface area contributed by atoms with Gasteiger partial charge in [-0.25, -0.2) is 0 Å². The molecule has 1 aliphatic carbocycles. The van der Waals surface area contributed by atoms with E-state index in [1.165, 1.54) is 24.0 Å². The standard InChI is InChI=1S/C21H31N3O2/c1-14(2)11-19(21(26)23-17-9-5-6-10-17)24-20(25)18-12-15-7-3-4-8-16(15)13-22-18/h3-4,7-8,14,17-19,22H,5-6,9-13H2,1-2H3,(H,23,26)(H,24,25)/t18-,19+/m1/s1. The maximum Gasteiger partial charge on any atom is 0.242 e. The van der Waals surface area contributed by atoms with Gasteiger partial charge in [0.05, 0.1) is 6.04 Å². The molecule has 2 atom stereocenters. The molecule has 1 aromatic carbocycles. The van der Waals surface area contributed by atoms with Crippen LogP contribution in [0, 0.1) is 5.92 Å². The van der Waals surface area contributed by atoms with Crippen LogP contribution in [-0.2, 0) is 22.6 Å². The van der Waals surface area contributed by atoms with Gasteiger partial charge in [0.15, 0.2) is 0 Å². The largest absolute Gasteiger partial charge is 0.352 e. The molecule has 2 aliphatic rings. The predicted molar refractivity (Wildman–Crippen MR) is 103 cm³/mol. The molecule has 1 saturated carbocycles. The van der Waals surface area contributed by atoms with Crippen LogP contribution < -0.4 is 16.0 Å². The molecule has 0 unspecified atom stereocenters. The fourth-order valence-corrected chi connectivity index (χ4v) is 3.99. The second-order valence-electron chi connectivity index (χ2n) is 8.09. The molecule has 1 aromatic rings. The van der Waals surface area contributed by atoms with Crippen molar-refractivity contribution >= 4 is 11.8 Å². The molecular weight excluding hydrogens is 326 g/mol. The van der Waals surface area contributed by atoms with Gasteiger partial charge in [-0.3, -0.25) is 9.59 Å². The average Bonchev–Trinajstić information content (AvgIpc) is 3.13. The molecule has 142 valence electrons. The van der Waals surface area contributed by atoms with Gasteiger partial charge in [0.1, 0.15) is 6.04 Å². The summed E-state index contributed by atoms with van der Waals surface area (Å²) in [6.45, 7) is 4.85. The van der Waals surface area contributed by atoms with Gasteiger partial charge < -0.3 is 16.0 Å². The molecule has 3 rings (SSSR count). The van der Waals surface area contributed by atoms with Crippen molar-refractivity contribution in [3.63, 3.8) is 0 Å². The number of hydrogen-bond acceptors (Lipinski definition) is 3. The number of rotatable bonds is 6. The maximum absolute atomic E-state index is 12.8. The fourth-order valence-electron chi connectivity index (χ4n) is 3.99. The summed E-state index contributed by atoms with van der Waals surface area (Å²) in [4.78, 5) is 25.5. The SMILES string of the molecule is CC(C)C[C@H](NC(=O)[C@H]1Cc2ccccc2CN1)C(=O)NC1CCCC1. The minimum absolute atomic E-state index is 0.0323. The molecule has 0 aromatic heterocycles. The third kappa shape index (κ3) is 4.85. The Morgan fingerprint density at radius 2 is 1.85 bits per heavy atom. The van der Waals surface area contributed by atoms with Gasteiger partial charge in [-0.05, 0) is 42.7 Å². The number of carbonyl (C=O) groups excluding carboxylic acids is 2. The van der Waals surface area contributed by atoms with Crippen molar-refractivity contribution in [3.8, 4) is 0 Å². The van der Waals surface area contributed by atoms with Gasteiger partial charge in [-0.2, -0.15) is 0 Å². The smallest absolute Gasteiger partial charge is 0.242 e. The van der Waals surface area contributed by atoms with Gasteiger partial charge in [-0.15, -0.1) is 0 Å². The summed E-state index contributed by atoms with van der Waals surface area (Å²) in [6, 6.07) is 7.74. The number of nitrogens with one attached hydrogen (secondary N) is 3. The Morgan fingerprint density at radius 3 is 2.54 bits per heavy atom. The molecular formula is C21H31N3O2. The maximum atomic E-state index is 12.8. The van der Waals surface area contributed by atoms with E-state index in [1.54, 1.807) is 0 Å². The fraction of sp³-hybridized carbons (Fsp3) is 0.619. The lowest BCUT2D eigenvalue weighted by molar-refractivity contribution is -0.130. The van der Waals surface area contributed by atoms with Crippen molar-refractivity contribution in [1.82, 2.24) is 16.0 Å². The van der Waals surface area contributed by atoms with Gasteiger partial charge >= 0.3 is 0 Å². The van der Waals surface area contributed by atoms with Crippen molar-refractivity contribution < 1.29 is 9.59 Å².